The van der Waals surface area contributed by atoms with E-state index in [4.69, 9.17) is 0 Å². The summed E-state index contributed by atoms with van der Waals surface area (Å²) >= 11 is 0. The number of amides is 1. The van der Waals surface area contributed by atoms with Crippen LogP contribution in [0.5, 0.6) is 5.75 Å². The molecule has 0 atom stereocenters. The quantitative estimate of drug-likeness (QED) is 0.756. The number of phenolic OH excluding ortho intramolecular Hbond substituents is 1. The van der Waals surface area contributed by atoms with Gasteiger partial charge in [-0.15, -0.1) is 0 Å². The van der Waals surface area contributed by atoms with Crippen LogP contribution < -0.4 is 5.32 Å². The van der Waals surface area contributed by atoms with Gasteiger partial charge in [0.05, 0.1) is 0 Å². The van der Waals surface area contributed by atoms with Crippen molar-refractivity contribution >= 4 is 5.91 Å². The van der Waals surface area contributed by atoms with Gasteiger partial charge in [0.2, 0.25) is 0 Å². The predicted molar refractivity (Wildman–Crippen MR) is 115 cm³/mol. The average molecular weight is 394 g/mol. The topological polar surface area (TPSA) is 55.8 Å². The molecule has 2 aliphatic heterocycles. The van der Waals surface area contributed by atoms with E-state index in [-0.39, 0.29) is 5.91 Å². The van der Waals surface area contributed by atoms with Crippen LogP contribution in [0.4, 0.5) is 0 Å². The Morgan fingerprint density at radius 3 is 1.90 bits per heavy atom. The number of nitrogens with zero attached hydrogens (tertiary/aromatic N) is 2. The molecule has 2 aromatic rings. The number of rotatable bonds is 7. The molecule has 2 heterocycles. The lowest BCUT2D eigenvalue weighted by Crippen LogP contribution is -2.24. The van der Waals surface area contributed by atoms with Crippen molar-refractivity contribution in [3.8, 4) is 5.75 Å². The monoisotopic (exact) mass is 393 g/mol. The van der Waals surface area contributed by atoms with E-state index in [1.54, 1.807) is 0 Å². The maximum atomic E-state index is 12.4. The van der Waals surface area contributed by atoms with E-state index in [1.807, 2.05) is 30.3 Å². The molecule has 5 nitrogen and oxygen atoms in total. The minimum atomic E-state index is -0.0686. The van der Waals surface area contributed by atoms with Crippen molar-refractivity contribution in [2.45, 2.75) is 45.3 Å². The molecule has 2 N–H and O–H groups in total. The molecule has 2 saturated heterocycles. The van der Waals surface area contributed by atoms with Gasteiger partial charge in [-0.2, -0.15) is 0 Å². The van der Waals surface area contributed by atoms with Crippen molar-refractivity contribution in [2.75, 3.05) is 26.2 Å². The summed E-state index contributed by atoms with van der Waals surface area (Å²) in [5.41, 5.74) is 3.68. The normalized spacial score (nSPS) is 17.7. The molecule has 0 aromatic heterocycles. The van der Waals surface area contributed by atoms with Gasteiger partial charge in [-0.05, 0) is 81.7 Å². The van der Waals surface area contributed by atoms with Gasteiger partial charge in [-0.1, -0.05) is 18.2 Å². The summed E-state index contributed by atoms with van der Waals surface area (Å²) in [4.78, 5) is 17.2. The zero-order chi connectivity index (χ0) is 20.1. The van der Waals surface area contributed by atoms with E-state index < -0.39 is 0 Å². The van der Waals surface area contributed by atoms with Gasteiger partial charge >= 0.3 is 0 Å². The summed E-state index contributed by atoms with van der Waals surface area (Å²) in [5, 5.41) is 14.0. The Morgan fingerprint density at radius 1 is 0.862 bits per heavy atom. The molecule has 2 fully saturated rings. The highest BCUT2D eigenvalue weighted by Gasteiger charge is 2.19. The summed E-state index contributed by atoms with van der Waals surface area (Å²) in [6, 6.07) is 13.4. The molecule has 0 radical (unpaired) electrons. The van der Waals surface area contributed by atoms with E-state index in [2.05, 4.69) is 27.2 Å². The van der Waals surface area contributed by atoms with Crippen molar-refractivity contribution in [1.82, 2.24) is 15.1 Å². The number of carbonyl (C=O) groups excluding carboxylic acids is 1. The predicted octanol–water partition coefficient (Wildman–Crippen LogP) is 3.51. The summed E-state index contributed by atoms with van der Waals surface area (Å²) in [5.74, 6) is 0.364. The maximum absolute atomic E-state index is 12.4. The first kappa shape index (κ1) is 19.9. The van der Waals surface area contributed by atoms with Gasteiger partial charge in [-0.3, -0.25) is 14.6 Å². The number of likely N-dealkylation sites (tertiary alicyclic amines) is 2. The second kappa shape index (κ2) is 9.42. The molecule has 2 aromatic carbocycles. The highest BCUT2D eigenvalue weighted by molar-refractivity contribution is 5.94. The Labute approximate surface area is 173 Å². The number of benzene rings is 2. The van der Waals surface area contributed by atoms with E-state index in [9.17, 15) is 9.90 Å². The number of carbonyl (C=O) groups is 1. The van der Waals surface area contributed by atoms with Crippen molar-refractivity contribution in [3.05, 3.63) is 64.7 Å². The van der Waals surface area contributed by atoms with Gasteiger partial charge in [0.25, 0.3) is 5.91 Å². The lowest BCUT2D eigenvalue weighted by Gasteiger charge is -2.21. The van der Waals surface area contributed by atoms with E-state index in [0.717, 1.165) is 56.0 Å². The van der Waals surface area contributed by atoms with Gasteiger partial charge in [0, 0.05) is 36.3 Å². The molecule has 0 bridgehead atoms. The first-order valence-electron chi connectivity index (χ1n) is 10.8. The van der Waals surface area contributed by atoms with Crippen LogP contribution in [-0.4, -0.2) is 47.0 Å². The van der Waals surface area contributed by atoms with Crippen molar-refractivity contribution in [3.63, 3.8) is 0 Å². The highest BCUT2D eigenvalue weighted by Crippen LogP contribution is 2.29. The fraction of sp³-hybridized carbons (Fsp3) is 0.458. The number of phenols is 1. The summed E-state index contributed by atoms with van der Waals surface area (Å²) in [6.45, 7) is 6.39. The highest BCUT2D eigenvalue weighted by atomic mass is 16.3. The first-order valence-corrected chi connectivity index (χ1v) is 10.8. The maximum Gasteiger partial charge on any atom is 0.251 e. The van der Waals surface area contributed by atoms with Gasteiger partial charge in [-0.25, -0.2) is 0 Å². The van der Waals surface area contributed by atoms with Crippen LogP contribution >= 0.6 is 0 Å². The summed E-state index contributed by atoms with van der Waals surface area (Å²) in [6.07, 6.45) is 4.92. The van der Waals surface area contributed by atoms with E-state index in [0.29, 0.717) is 17.9 Å². The zero-order valence-electron chi connectivity index (χ0n) is 17.1. The lowest BCUT2D eigenvalue weighted by atomic mass is 10.0. The fourth-order valence-corrected chi connectivity index (χ4v) is 4.41. The molecule has 0 unspecified atom stereocenters. The molecule has 5 heteroatoms. The van der Waals surface area contributed by atoms with Crippen LogP contribution in [0.15, 0.2) is 42.5 Å². The zero-order valence-corrected chi connectivity index (χ0v) is 17.1. The molecular formula is C24H31N3O2. The molecule has 4 rings (SSSR count). The Bertz CT molecular complexity index is 786. The van der Waals surface area contributed by atoms with Gasteiger partial charge < -0.3 is 10.4 Å². The smallest absolute Gasteiger partial charge is 0.251 e. The van der Waals surface area contributed by atoms with Crippen LogP contribution in [0, 0.1) is 0 Å². The third-order valence-electron chi connectivity index (χ3n) is 6.00. The average Bonchev–Trinajstić information content (AvgIpc) is 3.44. The molecule has 29 heavy (non-hydrogen) atoms. The van der Waals surface area contributed by atoms with Crippen LogP contribution in [-0.2, 0) is 19.6 Å². The van der Waals surface area contributed by atoms with Crippen LogP contribution in [0.1, 0.15) is 52.7 Å². The van der Waals surface area contributed by atoms with E-state index >= 15 is 0 Å². The fourth-order valence-electron chi connectivity index (χ4n) is 4.41. The van der Waals surface area contributed by atoms with Crippen LogP contribution in [0.25, 0.3) is 0 Å². The molecule has 0 spiro atoms. The second-order valence-corrected chi connectivity index (χ2v) is 8.28. The van der Waals surface area contributed by atoms with E-state index in [1.165, 1.54) is 25.7 Å². The third-order valence-corrected chi connectivity index (χ3v) is 6.00. The summed E-state index contributed by atoms with van der Waals surface area (Å²) in [7, 11) is 0. The van der Waals surface area contributed by atoms with Crippen molar-refractivity contribution < 1.29 is 9.90 Å². The van der Waals surface area contributed by atoms with Gasteiger partial charge in [0.15, 0.2) is 0 Å². The minimum Gasteiger partial charge on any atom is -0.507 e. The Kier molecular flexibility index (Phi) is 6.47. The molecule has 0 aliphatic carbocycles. The molecule has 0 saturated carbocycles. The van der Waals surface area contributed by atoms with Crippen molar-refractivity contribution in [1.29, 1.82) is 0 Å². The first-order chi connectivity index (χ1) is 14.2. The largest absolute Gasteiger partial charge is 0.507 e. The number of nitrogens with one attached hydrogen (secondary N) is 1. The summed E-state index contributed by atoms with van der Waals surface area (Å²) < 4.78 is 0. The number of hydrogen-bond donors (Lipinski definition) is 2. The molecule has 154 valence electrons. The SMILES string of the molecule is O=C(NCc1cc(CN2CCCC2)c(O)c(CN2CCCC2)c1)c1ccccc1. The van der Waals surface area contributed by atoms with Gasteiger partial charge in [0.1, 0.15) is 5.75 Å². The lowest BCUT2D eigenvalue weighted by molar-refractivity contribution is 0.0951. The molecule has 1 amide bonds. The Balaban J connectivity index is 1.51. The molecular weight excluding hydrogens is 362 g/mol. The van der Waals surface area contributed by atoms with Crippen molar-refractivity contribution in [2.24, 2.45) is 0 Å². The minimum absolute atomic E-state index is 0.0686. The van der Waals surface area contributed by atoms with Crippen LogP contribution in [0.2, 0.25) is 0 Å². The third kappa shape index (κ3) is 5.17. The second-order valence-electron chi connectivity index (χ2n) is 8.28. The number of hydrogen-bond acceptors (Lipinski definition) is 4. The standard InChI is InChI=1S/C24H31N3O2/c28-23-21(17-26-10-4-5-11-26)14-19(15-22(23)18-27-12-6-7-13-27)16-25-24(29)20-8-2-1-3-9-20/h1-3,8-9,14-15,28H,4-7,10-13,16-18H2,(H,25,29). The Morgan fingerprint density at radius 2 is 1.38 bits per heavy atom. The van der Waals surface area contributed by atoms with Crippen LogP contribution in [0.3, 0.4) is 0 Å². The number of aromatic hydroxyl groups is 1. The Hall–Kier alpha value is -2.37. The molecule has 2 aliphatic rings.